The van der Waals surface area contributed by atoms with E-state index in [1.54, 1.807) is 7.11 Å². The van der Waals surface area contributed by atoms with Gasteiger partial charge >= 0.3 is 0 Å². The van der Waals surface area contributed by atoms with Crippen LogP contribution in [0.1, 0.15) is 24.9 Å². The van der Waals surface area contributed by atoms with Gasteiger partial charge in [-0.2, -0.15) is 0 Å². The van der Waals surface area contributed by atoms with Gasteiger partial charge in [0.25, 0.3) is 0 Å². The fourth-order valence-electron chi connectivity index (χ4n) is 2.12. The first kappa shape index (κ1) is 12.4. The smallest absolute Gasteiger partial charge is 0.119 e. The first-order chi connectivity index (χ1) is 8.29. The summed E-state index contributed by atoms with van der Waals surface area (Å²) < 4.78 is 10.6. The predicted octanol–water partition coefficient (Wildman–Crippen LogP) is 2.38. The number of ether oxygens (including phenoxy) is 2. The highest BCUT2D eigenvalue weighted by Crippen LogP contribution is 2.19. The molecule has 2 atom stereocenters. The second kappa shape index (κ2) is 6.03. The maximum atomic E-state index is 5.37. The molecule has 0 bridgehead atoms. The molecule has 0 aliphatic carbocycles. The molecular weight excluding hydrogens is 214 g/mol. The molecule has 2 rings (SSSR count). The number of rotatable bonds is 5. The SMILES string of the molecule is COc1cccc([C@H](C)NCC2CCOC2)c1. The highest BCUT2D eigenvalue weighted by atomic mass is 16.5. The third-order valence-electron chi connectivity index (χ3n) is 3.33. The van der Waals surface area contributed by atoms with Gasteiger partial charge in [0.2, 0.25) is 0 Å². The molecule has 1 heterocycles. The second-order valence-corrected chi connectivity index (χ2v) is 4.64. The Labute approximate surface area is 103 Å². The second-order valence-electron chi connectivity index (χ2n) is 4.64. The highest BCUT2D eigenvalue weighted by molar-refractivity contribution is 5.30. The molecule has 0 aromatic heterocycles. The first-order valence-electron chi connectivity index (χ1n) is 6.24. The van der Waals surface area contributed by atoms with Crippen LogP contribution in [-0.2, 0) is 4.74 Å². The first-order valence-corrected chi connectivity index (χ1v) is 6.24. The molecule has 1 aromatic carbocycles. The normalized spacial score (nSPS) is 21.4. The lowest BCUT2D eigenvalue weighted by Gasteiger charge is -2.17. The number of methoxy groups -OCH3 is 1. The molecule has 1 saturated heterocycles. The van der Waals surface area contributed by atoms with E-state index in [0.717, 1.165) is 25.5 Å². The van der Waals surface area contributed by atoms with E-state index < -0.39 is 0 Å². The number of hydrogen-bond acceptors (Lipinski definition) is 3. The molecule has 0 saturated carbocycles. The summed E-state index contributed by atoms with van der Waals surface area (Å²) in [6, 6.07) is 8.57. The van der Waals surface area contributed by atoms with E-state index in [9.17, 15) is 0 Å². The fraction of sp³-hybridized carbons (Fsp3) is 0.571. The van der Waals surface area contributed by atoms with Gasteiger partial charge in [-0.3, -0.25) is 0 Å². The van der Waals surface area contributed by atoms with Gasteiger partial charge in [0.15, 0.2) is 0 Å². The van der Waals surface area contributed by atoms with Gasteiger partial charge in [0.1, 0.15) is 5.75 Å². The molecule has 3 nitrogen and oxygen atoms in total. The zero-order valence-corrected chi connectivity index (χ0v) is 10.6. The summed E-state index contributed by atoms with van der Waals surface area (Å²) in [5.41, 5.74) is 1.27. The van der Waals surface area contributed by atoms with Crippen LogP contribution in [0.5, 0.6) is 5.75 Å². The Balaban J connectivity index is 1.87. The van der Waals surface area contributed by atoms with Gasteiger partial charge in [0.05, 0.1) is 13.7 Å². The molecule has 0 radical (unpaired) electrons. The van der Waals surface area contributed by atoms with Crippen molar-refractivity contribution in [3.05, 3.63) is 29.8 Å². The molecule has 17 heavy (non-hydrogen) atoms. The molecule has 1 fully saturated rings. The molecule has 0 amide bonds. The Morgan fingerprint density at radius 3 is 3.12 bits per heavy atom. The van der Waals surface area contributed by atoms with Crippen LogP contribution in [0.4, 0.5) is 0 Å². The van der Waals surface area contributed by atoms with E-state index in [-0.39, 0.29) is 0 Å². The quantitative estimate of drug-likeness (QED) is 0.850. The molecule has 1 N–H and O–H groups in total. The zero-order chi connectivity index (χ0) is 12.1. The van der Waals surface area contributed by atoms with Crippen molar-refractivity contribution in [2.45, 2.75) is 19.4 Å². The summed E-state index contributed by atoms with van der Waals surface area (Å²) in [5.74, 6) is 1.59. The van der Waals surface area contributed by atoms with Gasteiger partial charge in [-0.1, -0.05) is 12.1 Å². The van der Waals surface area contributed by atoms with Crippen LogP contribution in [0.25, 0.3) is 0 Å². The number of benzene rings is 1. The Hall–Kier alpha value is -1.06. The lowest BCUT2D eigenvalue weighted by Crippen LogP contribution is -2.25. The minimum Gasteiger partial charge on any atom is -0.497 e. The van der Waals surface area contributed by atoms with Crippen LogP contribution in [0.2, 0.25) is 0 Å². The summed E-state index contributed by atoms with van der Waals surface area (Å²) in [4.78, 5) is 0. The minimum absolute atomic E-state index is 0.352. The van der Waals surface area contributed by atoms with Crippen molar-refractivity contribution in [3.63, 3.8) is 0 Å². The fourth-order valence-corrected chi connectivity index (χ4v) is 2.12. The average molecular weight is 235 g/mol. The van der Waals surface area contributed by atoms with Crippen LogP contribution in [-0.4, -0.2) is 26.9 Å². The summed E-state index contributed by atoms with van der Waals surface area (Å²) in [6.07, 6.45) is 1.18. The number of nitrogens with one attached hydrogen (secondary N) is 1. The van der Waals surface area contributed by atoms with Crippen LogP contribution in [0.15, 0.2) is 24.3 Å². The number of hydrogen-bond donors (Lipinski definition) is 1. The lowest BCUT2D eigenvalue weighted by molar-refractivity contribution is 0.184. The van der Waals surface area contributed by atoms with E-state index >= 15 is 0 Å². The van der Waals surface area contributed by atoms with Crippen molar-refractivity contribution in [2.75, 3.05) is 26.9 Å². The molecular formula is C14H21NO2. The Morgan fingerprint density at radius 1 is 1.53 bits per heavy atom. The van der Waals surface area contributed by atoms with Gasteiger partial charge in [-0.15, -0.1) is 0 Å². The maximum absolute atomic E-state index is 5.37. The summed E-state index contributed by atoms with van der Waals surface area (Å²) in [6.45, 7) is 5.03. The summed E-state index contributed by atoms with van der Waals surface area (Å²) in [5, 5.41) is 3.56. The minimum atomic E-state index is 0.352. The monoisotopic (exact) mass is 235 g/mol. The summed E-state index contributed by atoms with van der Waals surface area (Å²) in [7, 11) is 1.70. The van der Waals surface area contributed by atoms with Gasteiger partial charge in [-0.05, 0) is 37.0 Å². The average Bonchev–Trinajstić information content (AvgIpc) is 2.89. The van der Waals surface area contributed by atoms with Crippen molar-refractivity contribution in [2.24, 2.45) is 5.92 Å². The van der Waals surface area contributed by atoms with Crippen LogP contribution >= 0.6 is 0 Å². The topological polar surface area (TPSA) is 30.5 Å². The van der Waals surface area contributed by atoms with E-state index in [0.29, 0.717) is 12.0 Å². The van der Waals surface area contributed by atoms with Crippen molar-refractivity contribution in [1.82, 2.24) is 5.32 Å². The molecule has 0 spiro atoms. The van der Waals surface area contributed by atoms with Crippen molar-refractivity contribution in [3.8, 4) is 5.75 Å². The van der Waals surface area contributed by atoms with E-state index in [2.05, 4.69) is 24.4 Å². The van der Waals surface area contributed by atoms with Gasteiger partial charge < -0.3 is 14.8 Å². The third-order valence-corrected chi connectivity index (χ3v) is 3.33. The Kier molecular flexibility index (Phi) is 4.40. The molecule has 1 aliphatic heterocycles. The largest absolute Gasteiger partial charge is 0.497 e. The third kappa shape index (κ3) is 3.45. The maximum Gasteiger partial charge on any atom is 0.119 e. The Morgan fingerprint density at radius 2 is 2.41 bits per heavy atom. The lowest BCUT2D eigenvalue weighted by atomic mass is 10.1. The summed E-state index contributed by atoms with van der Waals surface area (Å²) >= 11 is 0. The van der Waals surface area contributed by atoms with E-state index in [1.165, 1.54) is 12.0 Å². The standard InChI is InChI=1S/C14H21NO2/c1-11(15-9-12-6-7-17-10-12)13-4-3-5-14(8-13)16-2/h3-5,8,11-12,15H,6-7,9-10H2,1-2H3/t11-,12?/m0/s1. The molecule has 3 heteroatoms. The predicted molar refractivity (Wildman–Crippen MR) is 68.3 cm³/mol. The van der Waals surface area contributed by atoms with Crippen molar-refractivity contribution < 1.29 is 9.47 Å². The van der Waals surface area contributed by atoms with Crippen LogP contribution < -0.4 is 10.1 Å². The molecule has 94 valence electrons. The van der Waals surface area contributed by atoms with E-state index in [1.807, 2.05) is 12.1 Å². The molecule has 1 aromatic rings. The molecule has 1 unspecified atom stereocenters. The molecule has 1 aliphatic rings. The van der Waals surface area contributed by atoms with Crippen molar-refractivity contribution >= 4 is 0 Å². The van der Waals surface area contributed by atoms with Crippen LogP contribution in [0, 0.1) is 5.92 Å². The Bertz CT molecular complexity index is 348. The van der Waals surface area contributed by atoms with Crippen molar-refractivity contribution in [1.29, 1.82) is 0 Å². The van der Waals surface area contributed by atoms with Gasteiger partial charge in [0, 0.05) is 19.2 Å². The van der Waals surface area contributed by atoms with E-state index in [4.69, 9.17) is 9.47 Å². The van der Waals surface area contributed by atoms with Crippen LogP contribution in [0.3, 0.4) is 0 Å². The van der Waals surface area contributed by atoms with Gasteiger partial charge in [-0.25, -0.2) is 0 Å². The zero-order valence-electron chi connectivity index (χ0n) is 10.6. The highest BCUT2D eigenvalue weighted by Gasteiger charge is 2.16.